The average molecular weight is 413 g/mol. The number of thiophene rings is 1. The molecular formula is C24H28O2S2. The highest BCUT2D eigenvalue weighted by Gasteiger charge is 2.34. The van der Waals surface area contributed by atoms with Crippen LogP contribution in [0.1, 0.15) is 66.5 Å². The molecule has 0 spiro atoms. The minimum Gasteiger partial charge on any atom is -0.466 e. The maximum absolute atomic E-state index is 11.6. The molecule has 0 aliphatic carbocycles. The summed E-state index contributed by atoms with van der Waals surface area (Å²) in [6.07, 6.45) is 3.92. The van der Waals surface area contributed by atoms with Gasteiger partial charge in [0, 0.05) is 15.3 Å². The second-order valence-electron chi connectivity index (χ2n) is 7.25. The summed E-state index contributed by atoms with van der Waals surface area (Å²) < 4.78 is 5.02. The molecule has 0 bridgehead atoms. The van der Waals surface area contributed by atoms with Crippen LogP contribution in [0.4, 0.5) is 0 Å². The van der Waals surface area contributed by atoms with Crippen LogP contribution in [0.25, 0.3) is 0 Å². The second-order valence-corrected chi connectivity index (χ2v) is 9.55. The van der Waals surface area contributed by atoms with E-state index in [0.29, 0.717) is 18.4 Å². The fourth-order valence-corrected chi connectivity index (χ4v) is 6.10. The highest BCUT2D eigenvalue weighted by Crippen LogP contribution is 2.46. The molecule has 148 valence electrons. The van der Waals surface area contributed by atoms with Gasteiger partial charge in [0.2, 0.25) is 0 Å². The Morgan fingerprint density at radius 3 is 2.68 bits per heavy atom. The number of benzene rings is 1. The molecule has 0 radical (unpaired) electrons. The van der Waals surface area contributed by atoms with Crippen molar-refractivity contribution in [3.05, 3.63) is 50.7 Å². The van der Waals surface area contributed by atoms with Gasteiger partial charge >= 0.3 is 5.97 Å². The predicted molar refractivity (Wildman–Crippen MR) is 119 cm³/mol. The summed E-state index contributed by atoms with van der Waals surface area (Å²) in [5.41, 5.74) is 4.14. The van der Waals surface area contributed by atoms with E-state index in [-0.39, 0.29) is 5.97 Å². The third-order valence-corrected chi connectivity index (χ3v) is 7.75. The van der Waals surface area contributed by atoms with E-state index in [1.54, 1.807) is 11.3 Å². The van der Waals surface area contributed by atoms with Gasteiger partial charge in [0.15, 0.2) is 0 Å². The van der Waals surface area contributed by atoms with E-state index in [0.717, 1.165) is 15.3 Å². The van der Waals surface area contributed by atoms with Gasteiger partial charge in [-0.15, -0.1) is 23.1 Å². The summed E-state index contributed by atoms with van der Waals surface area (Å²) in [6.45, 7) is 9.02. The van der Waals surface area contributed by atoms with Crippen LogP contribution in [0.2, 0.25) is 0 Å². The molecule has 1 aliphatic heterocycles. The zero-order valence-corrected chi connectivity index (χ0v) is 18.8. The van der Waals surface area contributed by atoms with Crippen molar-refractivity contribution in [2.45, 2.75) is 63.7 Å². The molecule has 0 amide bonds. The lowest BCUT2D eigenvalue weighted by Crippen LogP contribution is -2.29. The summed E-state index contributed by atoms with van der Waals surface area (Å²) >= 11 is 3.55. The number of hydrogen-bond acceptors (Lipinski definition) is 4. The number of carbonyl (C=O) groups is 1. The highest BCUT2D eigenvalue weighted by atomic mass is 32.2. The van der Waals surface area contributed by atoms with Crippen LogP contribution in [-0.2, 0) is 21.4 Å². The SMILES string of the molecule is CCOC(=O)Cc1ccc(C#Cc2cc3c(cc2C)SCCC3(CC)CC)s1. The molecule has 0 saturated carbocycles. The lowest BCUT2D eigenvalue weighted by atomic mass is 9.73. The number of aryl methyl sites for hydroxylation is 1. The smallest absolute Gasteiger partial charge is 0.311 e. The Labute approximate surface area is 177 Å². The normalized spacial score (nSPS) is 14.7. The number of ether oxygens (including phenoxy) is 1. The van der Waals surface area contributed by atoms with Gasteiger partial charge in [-0.2, -0.15) is 0 Å². The zero-order chi connectivity index (χ0) is 20.1. The van der Waals surface area contributed by atoms with Crippen molar-refractivity contribution in [1.82, 2.24) is 0 Å². The summed E-state index contributed by atoms with van der Waals surface area (Å²) in [4.78, 5) is 15.1. The minimum atomic E-state index is -0.178. The maximum Gasteiger partial charge on any atom is 0.311 e. The number of carbonyl (C=O) groups excluding carboxylic acids is 1. The van der Waals surface area contributed by atoms with Crippen molar-refractivity contribution < 1.29 is 9.53 Å². The quantitative estimate of drug-likeness (QED) is 0.437. The Kier molecular flexibility index (Phi) is 6.91. The average Bonchev–Trinajstić information content (AvgIpc) is 3.13. The molecule has 4 heteroatoms. The summed E-state index contributed by atoms with van der Waals surface area (Å²) in [7, 11) is 0. The van der Waals surface area contributed by atoms with E-state index in [2.05, 4.69) is 44.7 Å². The molecule has 2 heterocycles. The lowest BCUT2D eigenvalue weighted by Gasteiger charge is -2.38. The van der Waals surface area contributed by atoms with Gasteiger partial charge in [-0.1, -0.05) is 25.7 Å². The molecule has 0 atom stereocenters. The zero-order valence-electron chi connectivity index (χ0n) is 17.2. The molecule has 2 nitrogen and oxygen atoms in total. The van der Waals surface area contributed by atoms with Gasteiger partial charge in [0.25, 0.3) is 0 Å². The Bertz CT molecular complexity index is 910. The summed E-state index contributed by atoms with van der Waals surface area (Å²) in [5, 5.41) is 0. The van der Waals surface area contributed by atoms with E-state index in [1.807, 2.05) is 30.8 Å². The Morgan fingerprint density at radius 1 is 1.18 bits per heavy atom. The molecule has 0 fully saturated rings. The van der Waals surface area contributed by atoms with Crippen LogP contribution in [-0.4, -0.2) is 18.3 Å². The standard InChI is InChI=1S/C24H28O2S2/c1-5-24(6-2)12-13-27-22-14-17(4)18(15-21(22)24)8-9-19-10-11-20(28-19)16-23(25)26-7-3/h10-11,14-15H,5-7,12-13,16H2,1-4H3. The van der Waals surface area contributed by atoms with Gasteiger partial charge < -0.3 is 4.74 Å². The van der Waals surface area contributed by atoms with Crippen LogP contribution in [0.15, 0.2) is 29.2 Å². The first kappa shape index (κ1) is 21.0. The fraction of sp³-hybridized carbons (Fsp3) is 0.458. The molecule has 0 N–H and O–H groups in total. The molecule has 1 aromatic heterocycles. The maximum atomic E-state index is 11.6. The van der Waals surface area contributed by atoms with Crippen LogP contribution in [0, 0.1) is 18.8 Å². The van der Waals surface area contributed by atoms with Crippen molar-refractivity contribution in [3.63, 3.8) is 0 Å². The molecule has 1 aliphatic rings. The van der Waals surface area contributed by atoms with Crippen molar-refractivity contribution in [1.29, 1.82) is 0 Å². The lowest BCUT2D eigenvalue weighted by molar-refractivity contribution is -0.142. The van der Waals surface area contributed by atoms with Gasteiger partial charge in [0.1, 0.15) is 0 Å². The van der Waals surface area contributed by atoms with Gasteiger partial charge in [-0.05, 0) is 79.7 Å². The second kappa shape index (κ2) is 9.20. The van der Waals surface area contributed by atoms with Crippen LogP contribution < -0.4 is 0 Å². The van der Waals surface area contributed by atoms with Crippen molar-refractivity contribution >= 4 is 29.1 Å². The number of fused-ring (bicyclic) bond motifs is 1. The van der Waals surface area contributed by atoms with Crippen LogP contribution >= 0.6 is 23.1 Å². The third kappa shape index (κ3) is 4.47. The Hall–Kier alpha value is -1.70. The Morgan fingerprint density at radius 2 is 1.96 bits per heavy atom. The molecule has 3 rings (SSSR count). The van der Waals surface area contributed by atoms with Crippen LogP contribution in [0.5, 0.6) is 0 Å². The molecule has 28 heavy (non-hydrogen) atoms. The first-order chi connectivity index (χ1) is 13.5. The minimum absolute atomic E-state index is 0.178. The number of thioether (sulfide) groups is 1. The topological polar surface area (TPSA) is 26.3 Å². The van der Waals surface area contributed by atoms with Crippen molar-refractivity contribution in [3.8, 4) is 11.8 Å². The van der Waals surface area contributed by atoms with Crippen LogP contribution in [0.3, 0.4) is 0 Å². The largest absolute Gasteiger partial charge is 0.466 e. The van der Waals surface area contributed by atoms with Crippen molar-refractivity contribution in [2.75, 3.05) is 12.4 Å². The van der Waals surface area contributed by atoms with E-state index in [9.17, 15) is 4.79 Å². The number of rotatable bonds is 5. The Balaban J connectivity index is 1.87. The monoisotopic (exact) mass is 412 g/mol. The fourth-order valence-electron chi connectivity index (χ4n) is 3.85. The molecule has 0 saturated heterocycles. The number of esters is 1. The summed E-state index contributed by atoms with van der Waals surface area (Å²) in [5.74, 6) is 7.73. The first-order valence-electron chi connectivity index (χ1n) is 10.1. The number of hydrogen-bond donors (Lipinski definition) is 0. The van der Waals surface area contributed by atoms with Crippen molar-refractivity contribution in [2.24, 2.45) is 0 Å². The van der Waals surface area contributed by atoms with Gasteiger partial charge in [0.05, 0.1) is 17.9 Å². The highest BCUT2D eigenvalue weighted by molar-refractivity contribution is 7.99. The molecule has 0 unspecified atom stereocenters. The van der Waals surface area contributed by atoms with E-state index >= 15 is 0 Å². The summed E-state index contributed by atoms with van der Waals surface area (Å²) in [6, 6.07) is 8.63. The van der Waals surface area contributed by atoms with E-state index < -0.39 is 0 Å². The van der Waals surface area contributed by atoms with Gasteiger partial charge in [-0.25, -0.2) is 0 Å². The van der Waals surface area contributed by atoms with Gasteiger partial charge in [-0.3, -0.25) is 4.79 Å². The van der Waals surface area contributed by atoms with E-state index in [1.165, 1.54) is 41.0 Å². The molecule has 1 aromatic carbocycles. The third-order valence-electron chi connectivity index (χ3n) is 5.70. The van der Waals surface area contributed by atoms with E-state index in [4.69, 9.17) is 4.74 Å². The predicted octanol–water partition coefficient (Wildman–Crippen LogP) is 6.12. The first-order valence-corrected chi connectivity index (χ1v) is 11.9. The molecular weight excluding hydrogens is 384 g/mol. The molecule has 2 aromatic rings.